The smallest absolute Gasteiger partial charge is 0.330 e. The predicted octanol–water partition coefficient (Wildman–Crippen LogP) is 0.716. The van der Waals surface area contributed by atoms with E-state index in [1.165, 1.54) is 27.3 Å². The molecule has 1 aromatic rings. The molecule has 0 saturated carbocycles. The van der Waals surface area contributed by atoms with Gasteiger partial charge in [-0.25, -0.2) is 9.59 Å². The molecule has 0 radical (unpaired) electrons. The van der Waals surface area contributed by atoms with Crippen LogP contribution in [0.5, 0.6) is 11.5 Å². The van der Waals surface area contributed by atoms with Crippen molar-refractivity contribution < 1.29 is 28.6 Å². The van der Waals surface area contributed by atoms with E-state index in [2.05, 4.69) is 15.4 Å². The zero-order chi connectivity index (χ0) is 17.2. The van der Waals surface area contributed by atoms with Gasteiger partial charge in [-0.1, -0.05) is 6.07 Å². The lowest BCUT2D eigenvalue weighted by Gasteiger charge is -2.11. The van der Waals surface area contributed by atoms with Crippen LogP contribution in [0.15, 0.2) is 24.3 Å². The maximum atomic E-state index is 11.5. The third kappa shape index (κ3) is 6.08. The lowest BCUT2D eigenvalue weighted by Crippen LogP contribution is -2.39. The molecule has 0 fully saturated rings. The number of benzene rings is 1. The summed E-state index contributed by atoms with van der Waals surface area (Å²) in [6, 6.07) is 4.27. The number of hydrogen-bond acceptors (Lipinski definition) is 6. The molecule has 0 aromatic heterocycles. The van der Waals surface area contributed by atoms with Crippen LogP contribution >= 0.6 is 0 Å². The number of ether oxygens (including phenoxy) is 3. The van der Waals surface area contributed by atoms with Crippen LogP contribution in [0.3, 0.4) is 0 Å². The van der Waals surface area contributed by atoms with E-state index in [4.69, 9.17) is 9.47 Å². The summed E-state index contributed by atoms with van der Waals surface area (Å²) in [6.07, 6.45) is 2.82. The Morgan fingerprint density at radius 3 is 2.52 bits per heavy atom. The predicted molar refractivity (Wildman–Crippen MR) is 82.1 cm³/mol. The van der Waals surface area contributed by atoms with Crippen molar-refractivity contribution in [2.75, 3.05) is 27.9 Å². The van der Waals surface area contributed by atoms with Crippen molar-refractivity contribution in [2.24, 2.45) is 0 Å². The van der Waals surface area contributed by atoms with Crippen molar-refractivity contribution in [1.29, 1.82) is 0 Å². The zero-order valence-corrected chi connectivity index (χ0v) is 13.0. The van der Waals surface area contributed by atoms with E-state index >= 15 is 0 Å². The number of nitrogens with one attached hydrogen (secondary N) is 2. The minimum Gasteiger partial charge on any atom is -0.493 e. The number of hydrogen-bond donors (Lipinski definition) is 2. The third-order valence-corrected chi connectivity index (χ3v) is 2.64. The number of methoxy groups -OCH3 is 2. The van der Waals surface area contributed by atoms with E-state index in [9.17, 15) is 14.4 Å². The highest BCUT2D eigenvalue weighted by molar-refractivity contribution is 5.94. The summed E-state index contributed by atoms with van der Waals surface area (Å²) in [5, 5.41) is 4.33. The highest BCUT2D eigenvalue weighted by atomic mass is 16.5. The molecule has 8 heteroatoms. The second kappa shape index (κ2) is 9.08. The topological polar surface area (TPSA) is 103 Å². The van der Waals surface area contributed by atoms with E-state index in [1.54, 1.807) is 24.3 Å². The molecule has 0 aliphatic carbocycles. The highest BCUT2D eigenvalue weighted by Crippen LogP contribution is 2.28. The average Bonchev–Trinajstić information content (AvgIpc) is 2.57. The summed E-state index contributed by atoms with van der Waals surface area (Å²) in [4.78, 5) is 33.5. The van der Waals surface area contributed by atoms with Gasteiger partial charge < -0.3 is 19.5 Å². The van der Waals surface area contributed by atoms with Crippen LogP contribution in [0, 0.1) is 0 Å². The first-order chi connectivity index (χ1) is 11.0. The fourth-order valence-corrected chi connectivity index (χ4v) is 1.51. The fourth-order valence-electron chi connectivity index (χ4n) is 1.51. The van der Waals surface area contributed by atoms with Crippen LogP contribution in [-0.4, -0.2) is 45.8 Å². The van der Waals surface area contributed by atoms with E-state index in [0.717, 1.165) is 0 Å². The van der Waals surface area contributed by atoms with Gasteiger partial charge in [-0.05, 0) is 23.8 Å². The quantitative estimate of drug-likeness (QED) is 0.591. The van der Waals surface area contributed by atoms with Gasteiger partial charge in [0.25, 0.3) is 5.91 Å². The molecular formula is C15H18N2O6. The number of rotatable bonds is 6. The normalized spacial score (nSPS) is 10.0. The zero-order valence-electron chi connectivity index (χ0n) is 13.0. The molecule has 0 aliphatic heterocycles. The molecule has 0 bridgehead atoms. The summed E-state index contributed by atoms with van der Waals surface area (Å²) < 4.78 is 15.0. The van der Waals surface area contributed by atoms with Gasteiger partial charge in [0.15, 0.2) is 18.1 Å². The van der Waals surface area contributed by atoms with E-state index in [1.807, 2.05) is 0 Å². The molecule has 3 amide bonds. The van der Waals surface area contributed by atoms with Gasteiger partial charge >= 0.3 is 12.0 Å². The second-order valence-corrected chi connectivity index (χ2v) is 4.18. The van der Waals surface area contributed by atoms with Crippen LogP contribution in [0.25, 0.3) is 6.08 Å². The number of carbonyl (C=O) groups excluding carboxylic acids is 3. The molecule has 0 saturated heterocycles. The van der Waals surface area contributed by atoms with Crippen LogP contribution in [0.4, 0.5) is 4.79 Å². The minimum absolute atomic E-state index is 0.328. The van der Waals surface area contributed by atoms with Gasteiger partial charge in [-0.3, -0.25) is 10.1 Å². The Hall–Kier alpha value is -3.03. The van der Waals surface area contributed by atoms with Crippen molar-refractivity contribution in [3.8, 4) is 11.5 Å². The van der Waals surface area contributed by atoms with E-state index in [0.29, 0.717) is 17.1 Å². The van der Waals surface area contributed by atoms with Crippen molar-refractivity contribution in [3.63, 3.8) is 0 Å². The van der Waals surface area contributed by atoms with Gasteiger partial charge in [0.05, 0.1) is 14.2 Å². The summed E-state index contributed by atoms with van der Waals surface area (Å²) in [5.41, 5.74) is 0.689. The monoisotopic (exact) mass is 322 g/mol. The molecular weight excluding hydrogens is 304 g/mol. The molecule has 124 valence electrons. The first-order valence-corrected chi connectivity index (χ1v) is 6.58. The number of esters is 1. The Kier molecular flexibility index (Phi) is 7.12. The van der Waals surface area contributed by atoms with Crippen molar-refractivity contribution in [1.82, 2.24) is 10.6 Å². The molecule has 1 aromatic carbocycles. The summed E-state index contributed by atoms with van der Waals surface area (Å²) in [7, 11) is 4.13. The van der Waals surface area contributed by atoms with Crippen LogP contribution in [-0.2, 0) is 14.3 Å². The van der Waals surface area contributed by atoms with E-state index < -0.39 is 17.9 Å². The summed E-state index contributed by atoms with van der Waals surface area (Å²) in [5.74, 6) is -0.365. The average molecular weight is 322 g/mol. The Balaban J connectivity index is 2.73. The molecule has 0 aliphatic rings. The molecule has 23 heavy (non-hydrogen) atoms. The molecule has 8 nitrogen and oxygen atoms in total. The lowest BCUT2D eigenvalue weighted by atomic mass is 10.2. The van der Waals surface area contributed by atoms with Gasteiger partial charge in [-0.15, -0.1) is 0 Å². The number of carbonyl (C=O) groups is 3. The Morgan fingerprint density at radius 1 is 1.17 bits per heavy atom. The Labute approximate surface area is 133 Å². The van der Waals surface area contributed by atoms with Crippen molar-refractivity contribution >= 4 is 24.0 Å². The lowest BCUT2D eigenvalue weighted by molar-refractivity contribution is -0.134. The molecule has 2 N–H and O–H groups in total. The number of urea groups is 1. The Morgan fingerprint density at radius 2 is 1.91 bits per heavy atom. The number of imide groups is 1. The maximum Gasteiger partial charge on any atom is 0.330 e. The van der Waals surface area contributed by atoms with Crippen molar-refractivity contribution in [3.05, 3.63) is 29.8 Å². The van der Waals surface area contributed by atoms with Crippen LogP contribution in [0.1, 0.15) is 5.56 Å². The molecule has 0 unspecified atom stereocenters. The number of amides is 3. The molecule has 0 heterocycles. The second-order valence-electron chi connectivity index (χ2n) is 4.18. The molecule has 0 atom stereocenters. The van der Waals surface area contributed by atoms with E-state index in [-0.39, 0.29) is 6.61 Å². The SMILES string of the molecule is CNC(=O)NC(=O)COc1ccc(/C=C/C(=O)OC)cc1OC. The van der Waals surface area contributed by atoms with Gasteiger partial charge in [0.2, 0.25) is 0 Å². The van der Waals surface area contributed by atoms with Gasteiger partial charge in [0, 0.05) is 13.1 Å². The molecule has 0 spiro atoms. The minimum atomic E-state index is -0.617. The first-order valence-electron chi connectivity index (χ1n) is 6.58. The first kappa shape index (κ1) is 18.0. The maximum absolute atomic E-state index is 11.5. The van der Waals surface area contributed by atoms with Crippen molar-refractivity contribution in [2.45, 2.75) is 0 Å². The van der Waals surface area contributed by atoms with Crippen LogP contribution in [0.2, 0.25) is 0 Å². The summed E-state index contributed by atoms with van der Waals surface area (Å²) >= 11 is 0. The molecule has 1 rings (SSSR count). The largest absolute Gasteiger partial charge is 0.493 e. The highest BCUT2D eigenvalue weighted by Gasteiger charge is 2.10. The standard InChI is InChI=1S/C15H18N2O6/c1-16-15(20)17-13(18)9-23-11-6-4-10(8-12(11)21-2)5-7-14(19)22-3/h4-8H,9H2,1-3H3,(H2,16,17,18,20)/b7-5+. The fraction of sp³-hybridized carbons (Fsp3) is 0.267. The van der Waals surface area contributed by atoms with Gasteiger partial charge in [-0.2, -0.15) is 0 Å². The van der Waals surface area contributed by atoms with Crippen LogP contribution < -0.4 is 20.1 Å². The Bertz CT molecular complexity index is 612. The third-order valence-electron chi connectivity index (χ3n) is 2.64. The van der Waals surface area contributed by atoms with Gasteiger partial charge in [0.1, 0.15) is 0 Å². The summed E-state index contributed by atoms with van der Waals surface area (Å²) in [6.45, 7) is -0.346.